The van der Waals surface area contributed by atoms with E-state index in [0.717, 1.165) is 44.7 Å². The number of nitrogens with zero attached hydrogens (tertiary/aromatic N) is 3. The maximum Gasteiger partial charge on any atom is 0.237 e. The van der Waals surface area contributed by atoms with Crippen molar-refractivity contribution in [2.45, 2.75) is 31.7 Å². The average Bonchev–Trinajstić information content (AvgIpc) is 2.69. The molecule has 1 aromatic rings. The molecule has 2 aliphatic heterocycles. The van der Waals surface area contributed by atoms with Gasteiger partial charge in [-0.2, -0.15) is 0 Å². The normalized spacial score (nSPS) is 21.0. The molecule has 3 heterocycles. The van der Waals surface area contributed by atoms with Gasteiger partial charge in [-0.25, -0.2) is 4.98 Å². The minimum atomic E-state index is -0.0919. The number of pyridine rings is 1. The topological polar surface area (TPSA) is 77.6 Å². The monoisotopic (exact) mass is 345 g/mol. The van der Waals surface area contributed by atoms with Crippen molar-refractivity contribution in [2.24, 2.45) is 0 Å². The second-order valence-corrected chi connectivity index (χ2v) is 6.60. The molecule has 1 aromatic heterocycles. The third-order valence-corrected chi connectivity index (χ3v) is 4.87. The van der Waals surface area contributed by atoms with Crippen molar-refractivity contribution in [3.63, 3.8) is 0 Å². The van der Waals surface area contributed by atoms with Gasteiger partial charge in [0.1, 0.15) is 5.82 Å². The van der Waals surface area contributed by atoms with Crippen molar-refractivity contribution in [1.29, 1.82) is 0 Å². The predicted octanol–water partition coefficient (Wildman–Crippen LogP) is 0.379. The predicted molar refractivity (Wildman–Crippen MR) is 96.3 cm³/mol. The molecule has 25 heavy (non-hydrogen) atoms. The van der Waals surface area contributed by atoms with Crippen LogP contribution in [0.1, 0.15) is 25.7 Å². The van der Waals surface area contributed by atoms with Crippen LogP contribution in [0.25, 0.3) is 0 Å². The van der Waals surface area contributed by atoms with Gasteiger partial charge in [0.2, 0.25) is 11.8 Å². The van der Waals surface area contributed by atoms with E-state index < -0.39 is 0 Å². The first kappa shape index (κ1) is 17.7. The van der Waals surface area contributed by atoms with E-state index in [1.54, 1.807) is 6.20 Å². The Bertz CT molecular complexity index is 566. The third kappa shape index (κ3) is 4.92. The SMILES string of the molecule is O=C(NCCC(=O)N1CCN(c2ccccn2)CC1)[C@H]1CCCCN1. The van der Waals surface area contributed by atoms with Crippen molar-refractivity contribution < 1.29 is 9.59 Å². The summed E-state index contributed by atoms with van der Waals surface area (Å²) in [6.07, 6.45) is 5.26. The number of carbonyl (C=O) groups excluding carboxylic acids is 2. The van der Waals surface area contributed by atoms with Gasteiger partial charge in [0.15, 0.2) is 0 Å². The number of aromatic nitrogens is 1. The largest absolute Gasteiger partial charge is 0.354 e. The van der Waals surface area contributed by atoms with Gasteiger partial charge in [0, 0.05) is 45.3 Å². The van der Waals surface area contributed by atoms with Gasteiger partial charge in [0.25, 0.3) is 0 Å². The van der Waals surface area contributed by atoms with Crippen molar-refractivity contribution in [3.05, 3.63) is 24.4 Å². The number of nitrogens with one attached hydrogen (secondary N) is 2. The molecular formula is C18H27N5O2. The molecule has 0 saturated carbocycles. The van der Waals surface area contributed by atoms with Gasteiger partial charge in [-0.3, -0.25) is 9.59 Å². The highest BCUT2D eigenvalue weighted by Gasteiger charge is 2.23. The first-order valence-corrected chi connectivity index (χ1v) is 9.19. The Morgan fingerprint density at radius 1 is 1.20 bits per heavy atom. The van der Waals surface area contributed by atoms with Crippen LogP contribution in [0.2, 0.25) is 0 Å². The Morgan fingerprint density at radius 3 is 2.72 bits per heavy atom. The zero-order valence-electron chi connectivity index (χ0n) is 14.6. The van der Waals surface area contributed by atoms with E-state index >= 15 is 0 Å². The molecule has 0 spiro atoms. The van der Waals surface area contributed by atoms with Crippen LogP contribution in [0.4, 0.5) is 5.82 Å². The molecule has 0 unspecified atom stereocenters. The molecule has 2 amide bonds. The summed E-state index contributed by atoms with van der Waals surface area (Å²) in [6, 6.07) is 5.78. The van der Waals surface area contributed by atoms with Crippen LogP contribution in [0, 0.1) is 0 Å². The number of anilines is 1. The van der Waals surface area contributed by atoms with E-state index in [2.05, 4.69) is 20.5 Å². The lowest BCUT2D eigenvalue weighted by Crippen LogP contribution is -2.50. The lowest BCUT2D eigenvalue weighted by Gasteiger charge is -2.35. The molecule has 7 heteroatoms. The maximum atomic E-state index is 12.3. The molecule has 0 aliphatic carbocycles. The van der Waals surface area contributed by atoms with Gasteiger partial charge in [0.05, 0.1) is 6.04 Å². The minimum Gasteiger partial charge on any atom is -0.354 e. The van der Waals surface area contributed by atoms with Gasteiger partial charge >= 0.3 is 0 Å². The van der Waals surface area contributed by atoms with E-state index in [1.165, 1.54) is 0 Å². The van der Waals surface area contributed by atoms with Crippen LogP contribution in [-0.2, 0) is 9.59 Å². The molecule has 0 bridgehead atoms. The Balaban J connectivity index is 1.36. The number of hydrogen-bond acceptors (Lipinski definition) is 5. The summed E-state index contributed by atoms with van der Waals surface area (Å²) in [6.45, 7) is 4.30. The first-order chi connectivity index (χ1) is 12.2. The number of piperazine rings is 1. The lowest BCUT2D eigenvalue weighted by atomic mass is 10.0. The summed E-state index contributed by atoms with van der Waals surface area (Å²) in [5.74, 6) is 1.09. The standard InChI is InChI=1S/C18H27N5O2/c24-17(7-10-21-18(25)15-5-1-3-8-19-15)23-13-11-22(12-14-23)16-6-2-4-9-20-16/h2,4,6,9,15,19H,1,3,5,7-8,10-14H2,(H,21,25)/t15-/m1/s1. The van der Waals surface area contributed by atoms with Gasteiger partial charge in [-0.1, -0.05) is 12.5 Å². The Morgan fingerprint density at radius 2 is 2.04 bits per heavy atom. The van der Waals surface area contributed by atoms with Gasteiger partial charge in [-0.15, -0.1) is 0 Å². The number of carbonyl (C=O) groups is 2. The smallest absolute Gasteiger partial charge is 0.237 e. The fourth-order valence-corrected chi connectivity index (χ4v) is 3.38. The molecule has 136 valence electrons. The van der Waals surface area contributed by atoms with Crippen LogP contribution in [-0.4, -0.2) is 67.0 Å². The molecule has 3 rings (SSSR count). The van der Waals surface area contributed by atoms with Crippen LogP contribution in [0.15, 0.2) is 24.4 Å². The number of piperidine rings is 1. The second kappa shape index (κ2) is 8.80. The van der Waals surface area contributed by atoms with Crippen molar-refractivity contribution in [3.8, 4) is 0 Å². The van der Waals surface area contributed by atoms with E-state index in [1.807, 2.05) is 23.1 Å². The van der Waals surface area contributed by atoms with Crippen LogP contribution in [0.3, 0.4) is 0 Å². The maximum absolute atomic E-state index is 12.3. The molecular weight excluding hydrogens is 318 g/mol. The van der Waals surface area contributed by atoms with Crippen LogP contribution in [0.5, 0.6) is 0 Å². The Kier molecular flexibility index (Phi) is 6.22. The molecule has 1 atom stereocenters. The molecule has 7 nitrogen and oxygen atoms in total. The summed E-state index contributed by atoms with van der Waals surface area (Å²) >= 11 is 0. The Labute approximate surface area is 148 Å². The molecule has 2 N–H and O–H groups in total. The fourth-order valence-electron chi connectivity index (χ4n) is 3.38. The summed E-state index contributed by atoms with van der Waals surface area (Å²) in [5, 5.41) is 6.11. The highest BCUT2D eigenvalue weighted by Crippen LogP contribution is 2.13. The zero-order valence-corrected chi connectivity index (χ0v) is 14.6. The Hall–Kier alpha value is -2.15. The lowest BCUT2D eigenvalue weighted by molar-refractivity contribution is -0.131. The molecule has 0 aromatic carbocycles. The second-order valence-electron chi connectivity index (χ2n) is 6.60. The number of rotatable bonds is 5. The number of amides is 2. The average molecular weight is 345 g/mol. The fraction of sp³-hybridized carbons (Fsp3) is 0.611. The van der Waals surface area contributed by atoms with Gasteiger partial charge in [-0.05, 0) is 31.5 Å². The first-order valence-electron chi connectivity index (χ1n) is 9.19. The van der Waals surface area contributed by atoms with Gasteiger partial charge < -0.3 is 20.4 Å². The summed E-state index contributed by atoms with van der Waals surface area (Å²) in [4.78, 5) is 32.8. The van der Waals surface area contributed by atoms with Crippen molar-refractivity contribution >= 4 is 17.6 Å². The van der Waals surface area contributed by atoms with E-state index in [0.29, 0.717) is 26.1 Å². The third-order valence-electron chi connectivity index (χ3n) is 4.87. The van der Waals surface area contributed by atoms with Crippen molar-refractivity contribution in [1.82, 2.24) is 20.5 Å². The van der Waals surface area contributed by atoms with E-state index in [-0.39, 0.29) is 17.9 Å². The van der Waals surface area contributed by atoms with Crippen LogP contribution >= 0.6 is 0 Å². The highest BCUT2D eigenvalue weighted by molar-refractivity contribution is 5.83. The summed E-state index contributed by atoms with van der Waals surface area (Å²) in [7, 11) is 0. The molecule has 2 saturated heterocycles. The van der Waals surface area contributed by atoms with Crippen LogP contribution < -0.4 is 15.5 Å². The zero-order chi connectivity index (χ0) is 17.5. The van der Waals surface area contributed by atoms with Crippen molar-refractivity contribution in [2.75, 3.05) is 44.2 Å². The highest BCUT2D eigenvalue weighted by atomic mass is 16.2. The minimum absolute atomic E-state index is 0.0208. The summed E-state index contributed by atoms with van der Waals surface area (Å²) < 4.78 is 0. The molecule has 0 radical (unpaired) electrons. The van der Waals surface area contributed by atoms with E-state index in [4.69, 9.17) is 0 Å². The molecule has 2 fully saturated rings. The summed E-state index contributed by atoms with van der Waals surface area (Å²) in [5.41, 5.74) is 0. The van der Waals surface area contributed by atoms with E-state index in [9.17, 15) is 9.59 Å². The molecule has 2 aliphatic rings. The quantitative estimate of drug-likeness (QED) is 0.807. The number of hydrogen-bond donors (Lipinski definition) is 2.